The number of thiazole rings is 1. The molecule has 2 aliphatic heterocycles. The van der Waals surface area contributed by atoms with Crippen molar-refractivity contribution in [1.82, 2.24) is 9.55 Å². The lowest BCUT2D eigenvalue weighted by Crippen LogP contribution is -2.33. The second-order valence-electron chi connectivity index (χ2n) is 9.43. The molecule has 0 saturated carbocycles. The Morgan fingerprint density at radius 2 is 1.76 bits per heavy atom. The summed E-state index contributed by atoms with van der Waals surface area (Å²) in [6.45, 7) is -0.330. The van der Waals surface area contributed by atoms with Gasteiger partial charge in [-0.2, -0.15) is 13.2 Å². The molecule has 208 valence electrons. The summed E-state index contributed by atoms with van der Waals surface area (Å²) in [4.78, 5) is 58.5. The Kier molecular flexibility index (Phi) is 6.78. The van der Waals surface area contributed by atoms with E-state index in [-0.39, 0.29) is 12.2 Å². The Morgan fingerprint density at radius 1 is 0.976 bits per heavy atom. The number of amides is 3. The summed E-state index contributed by atoms with van der Waals surface area (Å²) in [5.41, 5.74) is -0.0563. The van der Waals surface area contributed by atoms with Crippen LogP contribution in [0.5, 0.6) is 0 Å². The molecule has 0 aliphatic carbocycles. The summed E-state index contributed by atoms with van der Waals surface area (Å²) in [7, 11) is 0. The summed E-state index contributed by atoms with van der Waals surface area (Å²) >= 11 is 1.85. The SMILES string of the molecule is O=C(Cn1c2c(sc1=O)[C@@H](c1cccnc1)C1C(=O)N(c3cccc(C(F)(F)F)c3)C(=O)C1S2)Nc1ccccc1. The van der Waals surface area contributed by atoms with Crippen molar-refractivity contribution in [1.29, 1.82) is 0 Å². The molecule has 8 nitrogen and oxygen atoms in total. The zero-order valence-corrected chi connectivity index (χ0v) is 22.5. The molecule has 0 spiro atoms. The summed E-state index contributed by atoms with van der Waals surface area (Å²) in [6, 6.07) is 16.1. The highest BCUT2D eigenvalue weighted by Crippen LogP contribution is 2.53. The van der Waals surface area contributed by atoms with E-state index < -0.39 is 51.4 Å². The number of imide groups is 1. The second kappa shape index (κ2) is 10.3. The topological polar surface area (TPSA) is 101 Å². The van der Waals surface area contributed by atoms with Gasteiger partial charge in [0.15, 0.2) is 0 Å². The summed E-state index contributed by atoms with van der Waals surface area (Å²) in [5, 5.41) is 2.06. The van der Waals surface area contributed by atoms with E-state index >= 15 is 0 Å². The van der Waals surface area contributed by atoms with Gasteiger partial charge in [0.25, 0.3) is 0 Å². The molecule has 1 saturated heterocycles. The molecule has 1 N–H and O–H groups in total. The molecule has 0 radical (unpaired) electrons. The first-order valence-corrected chi connectivity index (χ1v) is 14.0. The molecule has 1 fully saturated rings. The summed E-state index contributed by atoms with van der Waals surface area (Å²) in [6.07, 6.45) is -1.59. The third kappa shape index (κ3) is 4.84. The molecule has 6 rings (SSSR count). The van der Waals surface area contributed by atoms with Crippen LogP contribution in [0.15, 0.2) is 88.9 Å². The number of fused-ring (bicyclic) bond motifs is 2. The van der Waals surface area contributed by atoms with Crippen LogP contribution in [0.1, 0.15) is 21.9 Å². The van der Waals surface area contributed by atoms with E-state index in [9.17, 15) is 32.3 Å². The van der Waals surface area contributed by atoms with Gasteiger partial charge in [-0.3, -0.25) is 28.7 Å². The summed E-state index contributed by atoms with van der Waals surface area (Å²) < 4.78 is 41.6. The Hall–Kier alpha value is -4.23. The highest BCUT2D eigenvalue weighted by atomic mass is 32.2. The minimum absolute atomic E-state index is 0.183. The first-order valence-electron chi connectivity index (χ1n) is 12.3. The second-order valence-corrected chi connectivity index (χ2v) is 11.5. The van der Waals surface area contributed by atoms with Crippen LogP contribution in [0, 0.1) is 5.92 Å². The minimum atomic E-state index is -4.66. The first kappa shape index (κ1) is 27.0. The molecule has 4 aromatic rings. The average Bonchev–Trinajstić information content (AvgIpc) is 3.39. The van der Waals surface area contributed by atoms with E-state index in [1.54, 1.807) is 42.5 Å². The molecule has 2 aliphatic rings. The Morgan fingerprint density at radius 3 is 2.46 bits per heavy atom. The number of alkyl halides is 3. The first-order chi connectivity index (χ1) is 19.6. The quantitative estimate of drug-likeness (QED) is 0.334. The molecule has 41 heavy (non-hydrogen) atoms. The number of nitrogens with one attached hydrogen (secondary N) is 1. The number of hydrogen-bond donors (Lipinski definition) is 1. The van der Waals surface area contributed by atoms with E-state index in [2.05, 4.69) is 10.3 Å². The maximum Gasteiger partial charge on any atom is 0.416 e. The molecule has 4 heterocycles. The molecule has 3 amide bonds. The Labute approximate surface area is 238 Å². The minimum Gasteiger partial charge on any atom is -0.325 e. The van der Waals surface area contributed by atoms with Crippen LogP contribution < -0.4 is 15.1 Å². The number of para-hydroxylation sites is 1. The standard InChI is InChI=1S/C28H19F3N4O4S2/c29-28(30,31)16-7-4-10-18(12-16)35-24(37)21-20(15-6-5-11-32-13-15)23-26(40-22(21)25(35)38)34(27(39)41-23)14-19(36)33-17-8-2-1-3-9-17/h1-13,20-22H,14H2,(H,33,36)/t20-,21?,22?/m0/s1. The van der Waals surface area contributed by atoms with Gasteiger partial charge in [0.2, 0.25) is 17.7 Å². The number of anilines is 2. The lowest BCUT2D eigenvalue weighted by atomic mass is 9.84. The lowest BCUT2D eigenvalue weighted by Gasteiger charge is -2.30. The number of carbonyl (C=O) groups excluding carboxylic acids is 3. The van der Waals surface area contributed by atoms with Gasteiger partial charge < -0.3 is 5.32 Å². The zero-order chi connectivity index (χ0) is 28.9. The van der Waals surface area contributed by atoms with Crippen molar-refractivity contribution in [3.8, 4) is 0 Å². The number of carbonyl (C=O) groups is 3. The third-order valence-corrected chi connectivity index (χ3v) is 9.49. The van der Waals surface area contributed by atoms with Crippen LogP contribution in [0.25, 0.3) is 0 Å². The van der Waals surface area contributed by atoms with Crippen molar-refractivity contribution < 1.29 is 27.6 Å². The largest absolute Gasteiger partial charge is 0.416 e. The van der Waals surface area contributed by atoms with Crippen LogP contribution >= 0.6 is 23.1 Å². The Bertz CT molecular complexity index is 1720. The van der Waals surface area contributed by atoms with Gasteiger partial charge in [0.1, 0.15) is 11.8 Å². The van der Waals surface area contributed by atoms with Crippen LogP contribution in [-0.2, 0) is 27.1 Å². The molecule has 3 atom stereocenters. The van der Waals surface area contributed by atoms with Gasteiger partial charge >= 0.3 is 11.0 Å². The fraction of sp³-hybridized carbons (Fsp3) is 0.179. The monoisotopic (exact) mass is 596 g/mol. The number of hydrogen-bond acceptors (Lipinski definition) is 7. The number of thioether (sulfide) groups is 1. The lowest BCUT2D eigenvalue weighted by molar-refractivity contribution is -0.137. The average molecular weight is 597 g/mol. The summed E-state index contributed by atoms with van der Waals surface area (Å²) in [5.74, 6) is -3.58. The van der Waals surface area contributed by atoms with Crippen molar-refractivity contribution >= 4 is 52.2 Å². The van der Waals surface area contributed by atoms with E-state index in [0.29, 0.717) is 21.2 Å². The number of nitrogens with zero attached hydrogens (tertiary/aromatic N) is 3. The van der Waals surface area contributed by atoms with Gasteiger partial charge in [0, 0.05) is 28.9 Å². The van der Waals surface area contributed by atoms with Gasteiger partial charge in [-0.1, -0.05) is 53.4 Å². The normalized spacial score (nSPS) is 20.1. The van der Waals surface area contributed by atoms with Crippen LogP contribution in [0.4, 0.5) is 24.5 Å². The zero-order valence-electron chi connectivity index (χ0n) is 20.9. The van der Waals surface area contributed by atoms with Crippen molar-refractivity contribution in [2.75, 3.05) is 10.2 Å². The molecule has 2 aromatic heterocycles. The molecule has 0 bridgehead atoms. The van der Waals surface area contributed by atoms with Crippen molar-refractivity contribution in [3.05, 3.63) is 105 Å². The van der Waals surface area contributed by atoms with E-state index in [0.717, 1.165) is 46.2 Å². The highest BCUT2D eigenvalue weighted by molar-refractivity contribution is 8.00. The van der Waals surface area contributed by atoms with Gasteiger partial charge in [-0.05, 0) is 42.0 Å². The number of pyridine rings is 1. The van der Waals surface area contributed by atoms with Crippen LogP contribution in [0.2, 0.25) is 0 Å². The van der Waals surface area contributed by atoms with Crippen molar-refractivity contribution in [2.45, 2.75) is 28.9 Å². The molecule has 13 heteroatoms. The molecule has 2 unspecified atom stereocenters. The van der Waals surface area contributed by atoms with Gasteiger partial charge in [0.05, 0.1) is 22.2 Å². The molecular formula is C28H19F3N4O4S2. The van der Waals surface area contributed by atoms with Crippen LogP contribution in [0.3, 0.4) is 0 Å². The van der Waals surface area contributed by atoms with Gasteiger partial charge in [-0.15, -0.1) is 0 Å². The predicted molar refractivity (Wildman–Crippen MR) is 147 cm³/mol. The van der Waals surface area contributed by atoms with Crippen molar-refractivity contribution in [3.63, 3.8) is 0 Å². The third-order valence-electron chi connectivity index (χ3n) is 6.88. The van der Waals surface area contributed by atoms with E-state index in [1.807, 2.05) is 0 Å². The predicted octanol–water partition coefficient (Wildman–Crippen LogP) is 4.76. The number of aromatic nitrogens is 2. The molecule has 2 aromatic carbocycles. The maximum absolute atomic E-state index is 13.8. The maximum atomic E-state index is 13.8. The van der Waals surface area contributed by atoms with Crippen LogP contribution in [-0.4, -0.2) is 32.5 Å². The number of halogens is 3. The van der Waals surface area contributed by atoms with E-state index in [1.165, 1.54) is 23.0 Å². The fourth-order valence-electron chi connectivity index (χ4n) is 5.12. The van der Waals surface area contributed by atoms with Crippen molar-refractivity contribution in [2.24, 2.45) is 5.92 Å². The molecular weight excluding hydrogens is 577 g/mol. The van der Waals surface area contributed by atoms with Gasteiger partial charge in [-0.25, -0.2) is 4.90 Å². The highest BCUT2D eigenvalue weighted by Gasteiger charge is 2.57. The van der Waals surface area contributed by atoms with E-state index in [4.69, 9.17) is 0 Å². The number of benzene rings is 2. The smallest absolute Gasteiger partial charge is 0.325 e. The Balaban J connectivity index is 1.41. The number of rotatable bonds is 5. The fourth-order valence-corrected chi connectivity index (χ4v) is 7.89.